The molecule has 2 aromatic rings. The first kappa shape index (κ1) is 13.3. The molecule has 0 heterocycles. The first-order chi connectivity index (χ1) is 8.49. The zero-order chi connectivity index (χ0) is 13.3. The van der Waals surface area contributed by atoms with Crippen molar-refractivity contribution in [3.05, 3.63) is 69.2 Å². The number of aliphatic hydroxyl groups is 1. The zero-order valence-electron chi connectivity index (χ0n) is 9.00. The van der Waals surface area contributed by atoms with E-state index in [1.54, 1.807) is 0 Å². The van der Waals surface area contributed by atoms with E-state index in [1.165, 1.54) is 24.3 Å². The molecule has 0 spiro atoms. The van der Waals surface area contributed by atoms with Crippen molar-refractivity contribution in [2.24, 2.45) is 0 Å². The first-order valence-corrected chi connectivity index (χ1v) is 5.82. The number of halogens is 4. The minimum Gasteiger partial charge on any atom is -0.383 e. The smallest absolute Gasteiger partial charge is 0.130 e. The Labute approximate surface area is 113 Å². The van der Waals surface area contributed by atoms with E-state index in [0.29, 0.717) is 0 Å². The molecular weight excluding hydrogens is 281 g/mol. The van der Waals surface area contributed by atoms with Gasteiger partial charge in [-0.3, -0.25) is 0 Å². The van der Waals surface area contributed by atoms with Gasteiger partial charge in [-0.2, -0.15) is 0 Å². The lowest BCUT2D eigenvalue weighted by Crippen LogP contribution is -2.05. The van der Waals surface area contributed by atoms with Crippen LogP contribution in [0.2, 0.25) is 10.0 Å². The fourth-order valence-corrected chi connectivity index (χ4v) is 1.93. The molecule has 0 bridgehead atoms. The Bertz CT molecular complexity index is 536. The van der Waals surface area contributed by atoms with Crippen LogP contribution in [0.4, 0.5) is 8.78 Å². The quantitative estimate of drug-likeness (QED) is 0.871. The van der Waals surface area contributed by atoms with Gasteiger partial charge in [0.1, 0.15) is 17.7 Å². The normalized spacial score (nSPS) is 11.0. The van der Waals surface area contributed by atoms with Crippen molar-refractivity contribution in [2.75, 3.05) is 0 Å². The summed E-state index contributed by atoms with van der Waals surface area (Å²) in [5.41, 5.74) is -0.0822. The lowest BCUT2D eigenvalue weighted by Gasteiger charge is -2.13. The highest BCUT2D eigenvalue weighted by molar-refractivity contribution is 6.30. The van der Waals surface area contributed by atoms with Crippen molar-refractivity contribution < 1.29 is 13.9 Å². The average molecular weight is 289 g/mol. The van der Waals surface area contributed by atoms with Gasteiger partial charge < -0.3 is 5.11 Å². The Morgan fingerprint density at radius 3 is 1.56 bits per heavy atom. The molecule has 2 aromatic carbocycles. The maximum atomic E-state index is 13.6. The third-order valence-corrected chi connectivity index (χ3v) is 2.98. The number of aliphatic hydroxyl groups excluding tert-OH is 1. The first-order valence-electron chi connectivity index (χ1n) is 5.07. The predicted octanol–water partition coefficient (Wildman–Crippen LogP) is 4.35. The monoisotopic (exact) mass is 288 g/mol. The zero-order valence-corrected chi connectivity index (χ0v) is 10.5. The Balaban J connectivity index is 2.44. The molecular formula is C13H8Cl2F2O. The molecule has 94 valence electrons. The molecule has 0 saturated heterocycles. The summed E-state index contributed by atoms with van der Waals surface area (Å²) >= 11 is 11.2. The fraction of sp³-hybridized carbons (Fsp3) is 0.0769. The SMILES string of the molecule is OC(c1ccc(Cl)cc1F)c1ccc(Cl)cc1F. The largest absolute Gasteiger partial charge is 0.383 e. The van der Waals surface area contributed by atoms with Gasteiger partial charge in [-0.15, -0.1) is 0 Å². The van der Waals surface area contributed by atoms with Gasteiger partial charge in [-0.25, -0.2) is 8.78 Å². The van der Waals surface area contributed by atoms with Crippen LogP contribution in [0.3, 0.4) is 0 Å². The Hall–Kier alpha value is -1.16. The Morgan fingerprint density at radius 2 is 1.22 bits per heavy atom. The van der Waals surface area contributed by atoms with Crippen molar-refractivity contribution in [3.63, 3.8) is 0 Å². The molecule has 5 heteroatoms. The van der Waals surface area contributed by atoms with Crippen LogP contribution < -0.4 is 0 Å². The molecule has 0 aliphatic carbocycles. The molecule has 0 fully saturated rings. The minimum atomic E-state index is -1.40. The highest BCUT2D eigenvalue weighted by atomic mass is 35.5. The average Bonchev–Trinajstić information content (AvgIpc) is 2.28. The summed E-state index contributed by atoms with van der Waals surface area (Å²) in [6.45, 7) is 0. The second-order valence-corrected chi connectivity index (χ2v) is 4.61. The maximum Gasteiger partial charge on any atom is 0.130 e. The third-order valence-electron chi connectivity index (χ3n) is 2.51. The lowest BCUT2D eigenvalue weighted by molar-refractivity contribution is 0.210. The number of benzene rings is 2. The topological polar surface area (TPSA) is 20.2 Å². The second-order valence-electron chi connectivity index (χ2n) is 3.73. The predicted molar refractivity (Wildman–Crippen MR) is 66.9 cm³/mol. The van der Waals surface area contributed by atoms with Crippen molar-refractivity contribution in [3.8, 4) is 0 Å². The summed E-state index contributed by atoms with van der Waals surface area (Å²) in [6, 6.07) is 7.61. The van der Waals surface area contributed by atoms with Crippen molar-refractivity contribution in [1.29, 1.82) is 0 Å². The van der Waals surface area contributed by atoms with Crippen LogP contribution in [0, 0.1) is 11.6 Å². The van der Waals surface area contributed by atoms with E-state index in [2.05, 4.69) is 0 Å². The highest BCUT2D eigenvalue weighted by Gasteiger charge is 2.18. The van der Waals surface area contributed by atoms with Crippen LogP contribution >= 0.6 is 23.2 Å². The summed E-state index contributed by atoms with van der Waals surface area (Å²) in [7, 11) is 0. The van der Waals surface area contributed by atoms with Gasteiger partial charge >= 0.3 is 0 Å². The Morgan fingerprint density at radius 1 is 0.833 bits per heavy atom. The van der Waals surface area contributed by atoms with Gasteiger partial charge in [0, 0.05) is 21.2 Å². The van der Waals surface area contributed by atoms with Gasteiger partial charge in [-0.05, 0) is 24.3 Å². The van der Waals surface area contributed by atoms with Crippen LogP contribution in [0.5, 0.6) is 0 Å². The van der Waals surface area contributed by atoms with E-state index in [-0.39, 0.29) is 21.2 Å². The highest BCUT2D eigenvalue weighted by Crippen LogP contribution is 2.29. The van der Waals surface area contributed by atoms with Crippen LogP contribution in [0.15, 0.2) is 36.4 Å². The molecule has 18 heavy (non-hydrogen) atoms. The van der Waals surface area contributed by atoms with Crippen molar-refractivity contribution in [2.45, 2.75) is 6.10 Å². The van der Waals surface area contributed by atoms with E-state index in [4.69, 9.17) is 23.2 Å². The number of hydrogen-bond acceptors (Lipinski definition) is 1. The number of rotatable bonds is 2. The summed E-state index contributed by atoms with van der Waals surface area (Å²) in [5, 5.41) is 10.4. The van der Waals surface area contributed by atoms with Crippen LogP contribution in [-0.2, 0) is 0 Å². The summed E-state index contributed by atoms with van der Waals surface area (Å²) in [4.78, 5) is 0. The van der Waals surface area contributed by atoms with Crippen LogP contribution in [0.25, 0.3) is 0 Å². The molecule has 1 N–H and O–H groups in total. The molecule has 0 radical (unpaired) electrons. The third kappa shape index (κ3) is 2.64. The van der Waals surface area contributed by atoms with E-state index >= 15 is 0 Å². The molecule has 0 saturated carbocycles. The van der Waals surface area contributed by atoms with Gasteiger partial charge in [-0.1, -0.05) is 35.3 Å². The van der Waals surface area contributed by atoms with E-state index in [1.807, 2.05) is 0 Å². The molecule has 0 aliphatic heterocycles. The standard InChI is InChI=1S/C13H8Cl2F2O/c14-7-1-3-9(11(16)5-7)13(18)10-4-2-8(15)6-12(10)17/h1-6,13,18H. The minimum absolute atomic E-state index is 0.0411. The molecule has 0 amide bonds. The molecule has 1 nitrogen and oxygen atoms in total. The van der Waals surface area contributed by atoms with E-state index in [0.717, 1.165) is 12.1 Å². The Kier molecular flexibility index (Phi) is 3.85. The summed E-state index contributed by atoms with van der Waals surface area (Å²) in [6.07, 6.45) is -1.40. The summed E-state index contributed by atoms with van der Waals surface area (Å²) < 4.78 is 27.2. The fourth-order valence-electron chi connectivity index (χ4n) is 1.61. The number of hydrogen-bond donors (Lipinski definition) is 1. The van der Waals surface area contributed by atoms with Gasteiger partial charge in [0.15, 0.2) is 0 Å². The van der Waals surface area contributed by atoms with Crippen molar-refractivity contribution in [1.82, 2.24) is 0 Å². The van der Waals surface area contributed by atoms with Gasteiger partial charge in [0.2, 0.25) is 0 Å². The lowest BCUT2D eigenvalue weighted by atomic mass is 10.0. The molecule has 2 rings (SSSR count). The van der Waals surface area contributed by atoms with Crippen molar-refractivity contribution >= 4 is 23.2 Å². The van der Waals surface area contributed by atoms with Gasteiger partial charge in [0.05, 0.1) is 0 Å². The second kappa shape index (κ2) is 5.22. The van der Waals surface area contributed by atoms with Crippen LogP contribution in [0.1, 0.15) is 17.2 Å². The van der Waals surface area contributed by atoms with Gasteiger partial charge in [0.25, 0.3) is 0 Å². The molecule has 0 aliphatic rings. The summed E-state index contributed by atoms with van der Waals surface area (Å²) in [5.74, 6) is -1.38. The van der Waals surface area contributed by atoms with E-state index in [9.17, 15) is 13.9 Å². The maximum absolute atomic E-state index is 13.6. The van der Waals surface area contributed by atoms with E-state index < -0.39 is 17.7 Å². The molecule has 0 aromatic heterocycles. The molecule has 0 unspecified atom stereocenters. The van der Waals surface area contributed by atoms with Crippen LogP contribution in [-0.4, -0.2) is 5.11 Å². The molecule has 0 atom stereocenters.